The monoisotopic (exact) mass is 248 g/mol. The Morgan fingerprint density at radius 1 is 1.17 bits per heavy atom. The van der Waals surface area contributed by atoms with Gasteiger partial charge in [0.2, 0.25) is 0 Å². The van der Waals surface area contributed by atoms with Crippen LogP contribution in [0, 0.1) is 20.8 Å². The van der Waals surface area contributed by atoms with Gasteiger partial charge in [-0.15, -0.1) is 0 Å². The van der Waals surface area contributed by atoms with Gasteiger partial charge in [-0.05, 0) is 37.5 Å². The Morgan fingerprint density at radius 3 is 2.28 bits per heavy atom. The van der Waals surface area contributed by atoms with Crippen LogP contribution < -0.4 is 5.73 Å². The number of aryl methyl sites for hydroxylation is 3. The zero-order chi connectivity index (χ0) is 13.1. The van der Waals surface area contributed by atoms with Crippen LogP contribution in [-0.4, -0.2) is 37.7 Å². The van der Waals surface area contributed by atoms with Crippen LogP contribution in [0.3, 0.4) is 0 Å². The molecule has 1 saturated heterocycles. The molecule has 1 aliphatic heterocycles. The number of nitrogens with zero attached hydrogens (tertiary/aromatic N) is 1. The number of ether oxygens (including phenoxy) is 1. The standard InChI is InChI=1S/C15H24N2O/c1-11-8-12(2)15(13(3)9-11)14(16)10-17-4-6-18-7-5-17/h8-9,14H,4-7,10,16H2,1-3H3. The van der Waals surface area contributed by atoms with Gasteiger partial charge in [0.15, 0.2) is 0 Å². The molecule has 0 saturated carbocycles. The average molecular weight is 248 g/mol. The Morgan fingerprint density at radius 2 is 1.72 bits per heavy atom. The summed E-state index contributed by atoms with van der Waals surface area (Å²) in [5.74, 6) is 0. The van der Waals surface area contributed by atoms with Gasteiger partial charge in [-0.25, -0.2) is 0 Å². The van der Waals surface area contributed by atoms with Crippen molar-refractivity contribution in [1.82, 2.24) is 4.90 Å². The van der Waals surface area contributed by atoms with Crippen molar-refractivity contribution in [2.45, 2.75) is 26.8 Å². The second-order valence-corrected chi connectivity index (χ2v) is 5.33. The molecule has 1 aromatic rings. The Kier molecular flexibility index (Phi) is 4.38. The molecule has 1 aromatic carbocycles. The lowest BCUT2D eigenvalue weighted by molar-refractivity contribution is 0.0352. The molecule has 1 atom stereocenters. The number of hydrogen-bond donors (Lipinski definition) is 1. The van der Waals surface area contributed by atoms with E-state index in [1.54, 1.807) is 0 Å². The molecule has 1 unspecified atom stereocenters. The largest absolute Gasteiger partial charge is 0.379 e. The molecule has 0 amide bonds. The van der Waals surface area contributed by atoms with Crippen LogP contribution in [0.1, 0.15) is 28.3 Å². The van der Waals surface area contributed by atoms with E-state index in [4.69, 9.17) is 10.5 Å². The summed E-state index contributed by atoms with van der Waals surface area (Å²) >= 11 is 0. The van der Waals surface area contributed by atoms with Gasteiger partial charge >= 0.3 is 0 Å². The maximum Gasteiger partial charge on any atom is 0.0594 e. The third-order valence-corrected chi connectivity index (χ3v) is 3.67. The van der Waals surface area contributed by atoms with E-state index < -0.39 is 0 Å². The van der Waals surface area contributed by atoms with Crippen LogP contribution in [0.5, 0.6) is 0 Å². The summed E-state index contributed by atoms with van der Waals surface area (Å²) in [6.45, 7) is 11.0. The van der Waals surface area contributed by atoms with E-state index in [1.807, 2.05) is 0 Å². The minimum Gasteiger partial charge on any atom is -0.379 e. The molecule has 18 heavy (non-hydrogen) atoms. The minimum absolute atomic E-state index is 0.101. The predicted octanol–water partition coefficient (Wildman–Crippen LogP) is 1.94. The Hall–Kier alpha value is -0.900. The predicted molar refractivity (Wildman–Crippen MR) is 74.8 cm³/mol. The summed E-state index contributed by atoms with van der Waals surface area (Å²) in [5.41, 5.74) is 11.6. The van der Waals surface area contributed by atoms with Crippen molar-refractivity contribution in [3.63, 3.8) is 0 Å². The molecule has 0 bridgehead atoms. The Bertz CT molecular complexity index is 388. The molecule has 0 aliphatic carbocycles. The molecule has 100 valence electrons. The van der Waals surface area contributed by atoms with Crippen LogP contribution >= 0.6 is 0 Å². The number of nitrogens with two attached hydrogens (primary N) is 1. The summed E-state index contributed by atoms with van der Waals surface area (Å²) in [6.07, 6.45) is 0. The summed E-state index contributed by atoms with van der Waals surface area (Å²) in [6, 6.07) is 4.55. The second-order valence-electron chi connectivity index (χ2n) is 5.33. The van der Waals surface area contributed by atoms with Gasteiger partial charge in [-0.2, -0.15) is 0 Å². The normalized spacial score (nSPS) is 18.9. The zero-order valence-corrected chi connectivity index (χ0v) is 11.7. The fraction of sp³-hybridized carbons (Fsp3) is 0.600. The lowest BCUT2D eigenvalue weighted by Gasteiger charge is -2.30. The van der Waals surface area contributed by atoms with Crippen molar-refractivity contribution in [2.24, 2.45) is 5.73 Å². The SMILES string of the molecule is Cc1cc(C)c(C(N)CN2CCOCC2)c(C)c1. The molecule has 0 aromatic heterocycles. The first-order valence-electron chi connectivity index (χ1n) is 6.71. The van der Waals surface area contributed by atoms with Crippen molar-refractivity contribution in [1.29, 1.82) is 0 Å². The van der Waals surface area contributed by atoms with Crippen molar-refractivity contribution >= 4 is 0 Å². The van der Waals surface area contributed by atoms with Crippen LogP contribution in [-0.2, 0) is 4.74 Å². The van der Waals surface area contributed by atoms with E-state index in [1.165, 1.54) is 22.3 Å². The van der Waals surface area contributed by atoms with Gasteiger partial charge in [0.05, 0.1) is 13.2 Å². The molecule has 1 heterocycles. The highest BCUT2D eigenvalue weighted by atomic mass is 16.5. The molecule has 1 fully saturated rings. The maximum atomic E-state index is 6.40. The van der Waals surface area contributed by atoms with E-state index in [2.05, 4.69) is 37.8 Å². The summed E-state index contributed by atoms with van der Waals surface area (Å²) < 4.78 is 5.37. The Balaban J connectivity index is 2.10. The lowest BCUT2D eigenvalue weighted by Crippen LogP contribution is -2.40. The number of hydrogen-bond acceptors (Lipinski definition) is 3. The highest BCUT2D eigenvalue weighted by molar-refractivity contribution is 5.39. The van der Waals surface area contributed by atoms with Gasteiger partial charge in [0.1, 0.15) is 0 Å². The first kappa shape index (κ1) is 13.5. The highest BCUT2D eigenvalue weighted by Gasteiger charge is 2.18. The van der Waals surface area contributed by atoms with Crippen molar-refractivity contribution < 1.29 is 4.74 Å². The number of benzene rings is 1. The second kappa shape index (κ2) is 5.83. The van der Waals surface area contributed by atoms with Gasteiger partial charge in [0.25, 0.3) is 0 Å². The van der Waals surface area contributed by atoms with E-state index >= 15 is 0 Å². The van der Waals surface area contributed by atoms with Gasteiger partial charge in [-0.3, -0.25) is 4.90 Å². The van der Waals surface area contributed by atoms with Crippen molar-refractivity contribution in [3.05, 3.63) is 34.4 Å². The van der Waals surface area contributed by atoms with Gasteiger partial charge in [0, 0.05) is 25.7 Å². The van der Waals surface area contributed by atoms with E-state index in [0.717, 1.165) is 32.8 Å². The summed E-state index contributed by atoms with van der Waals surface area (Å²) in [5, 5.41) is 0. The highest BCUT2D eigenvalue weighted by Crippen LogP contribution is 2.23. The van der Waals surface area contributed by atoms with Crippen LogP contribution in [0.25, 0.3) is 0 Å². The molecule has 0 spiro atoms. The lowest BCUT2D eigenvalue weighted by atomic mass is 9.94. The molecule has 2 rings (SSSR count). The first-order chi connectivity index (χ1) is 8.58. The topological polar surface area (TPSA) is 38.5 Å². The third kappa shape index (κ3) is 3.10. The molecule has 3 nitrogen and oxygen atoms in total. The molecule has 2 N–H and O–H groups in total. The van der Waals surface area contributed by atoms with Crippen molar-refractivity contribution in [2.75, 3.05) is 32.8 Å². The summed E-state index contributed by atoms with van der Waals surface area (Å²) in [4.78, 5) is 2.40. The fourth-order valence-electron chi connectivity index (χ4n) is 2.93. The summed E-state index contributed by atoms with van der Waals surface area (Å²) in [7, 11) is 0. The van der Waals surface area contributed by atoms with Crippen LogP contribution in [0.4, 0.5) is 0 Å². The smallest absolute Gasteiger partial charge is 0.0594 e. The van der Waals surface area contributed by atoms with E-state index in [9.17, 15) is 0 Å². The molecular weight excluding hydrogens is 224 g/mol. The third-order valence-electron chi connectivity index (χ3n) is 3.67. The molecule has 3 heteroatoms. The maximum absolute atomic E-state index is 6.40. The first-order valence-corrected chi connectivity index (χ1v) is 6.71. The number of rotatable bonds is 3. The van der Waals surface area contributed by atoms with Gasteiger partial charge < -0.3 is 10.5 Å². The Labute approximate surface area is 110 Å². The van der Waals surface area contributed by atoms with Gasteiger partial charge in [-0.1, -0.05) is 17.7 Å². The fourth-order valence-corrected chi connectivity index (χ4v) is 2.93. The van der Waals surface area contributed by atoms with E-state index in [0.29, 0.717) is 0 Å². The minimum atomic E-state index is 0.101. The average Bonchev–Trinajstić information content (AvgIpc) is 2.28. The number of morpholine rings is 1. The molecule has 0 radical (unpaired) electrons. The zero-order valence-electron chi connectivity index (χ0n) is 11.7. The van der Waals surface area contributed by atoms with Crippen LogP contribution in [0.15, 0.2) is 12.1 Å². The van der Waals surface area contributed by atoms with Crippen LogP contribution in [0.2, 0.25) is 0 Å². The quantitative estimate of drug-likeness (QED) is 0.888. The van der Waals surface area contributed by atoms with Crippen molar-refractivity contribution in [3.8, 4) is 0 Å². The molecule has 1 aliphatic rings. The molecular formula is C15H24N2O. The van der Waals surface area contributed by atoms with E-state index in [-0.39, 0.29) is 6.04 Å².